The van der Waals surface area contributed by atoms with E-state index in [2.05, 4.69) is 22.8 Å². The lowest BCUT2D eigenvalue weighted by Crippen LogP contribution is -2.28. The Morgan fingerprint density at radius 2 is 2.15 bits per heavy atom. The third-order valence-electron chi connectivity index (χ3n) is 2.30. The topological polar surface area (TPSA) is 41.1 Å². The number of hydrogen-bond acceptors (Lipinski definition) is 2. The maximum Gasteiger partial charge on any atom is 0.219 e. The number of rotatable bonds is 5. The van der Waals surface area contributed by atoms with Crippen LogP contribution in [0.1, 0.15) is 25.7 Å². The van der Waals surface area contributed by atoms with Gasteiger partial charge >= 0.3 is 0 Å². The standard InChI is InChI=1S/C10H18N2O/c1-11-10(13)7-4-8-12-9-5-2-3-6-9/h2-3,9,12H,4-8H2,1H3,(H,11,13). The number of hydrogen-bond donors (Lipinski definition) is 2. The average Bonchev–Trinajstić information content (AvgIpc) is 2.64. The smallest absolute Gasteiger partial charge is 0.219 e. The van der Waals surface area contributed by atoms with Gasteiger partial charge < -0.3 is 10.6 Å². The van der Waals surface area contributed by atoms with E-state index in [9.17, 15) is 4.79 Å². The highest BCUT2D eigenvalue weighted by molar-refractivity contribution is 5.75. The van der Waals surface area contributed by atoms with Crippen LogP contribution in [-0.4, -0.2) is 25.5 Å². The first-order valence-electron chi connectivity index (χ1n) is 4.92. The van der Waals surface area contributed by atoms with Crippen molar-refractivity contribution in [2.45, 2.75) is 31.7 Å². The molecule has 74 valence electrons. The van der Waals surface area contributed by atoms with Gasteiger partial charge in [-0.05, 0) is 25.8 Å². The Kier molecular flexibility index (Phi) is 4.54. The molecule has 0 atom stereocenters. The monoisotopic (exact) mass is 182 g/mol. The predicted molar refractivity (Wildman–Crippen MR) is 53.5 cm³/mol. The van der Waals surface area contributed by atoms with Crippen molar-refractivity contribution in [3.8, 4) is 0 Å². The summed E-state index contributed by atoms with van der Waals surface area (Å²) in [5, 5.41) is 6.03. The first kappa shape index (κ1) is 10.3. The Morgan fingerprint density at radius 1 is 1.46 bits per heavy atom. The zero-order valence-electron chi connectivity index (χ0n) is 8.18. The molecule has 1 amide bonds. The average molecular weight is 182 g/mol. The minimum Gasteiger partial charge on any atom is -0.359 e. The Labute approximate surface area is 79.6 Å². The van der Waals surface area contributed by atoms with Crippen LogP contribution in [-0.2, 0) is 4.79 Å². The van der Waals surface area contributed by atoms with E-state index in [4.69, 9.17) is 0 Å². The Balaban J connectivity index is 1.92. The molecule has 0 spiro atoms. The predicted octanol–water partition coefficient (Wildman–Crippen LogP) is 0.821. The van der Waals surface area contributed by atoms with Crippen molar-refractivity contribution in [2.24, 2.45) is 0 Å². The van der Waals surface area contributed by atoms with Crippen LogP contribution in [0.5, 0.6) is 0 Å². The summed E-state index contributed by atoms with van der Waals surface area (Å²) in [7, 11) is 1.68. The molecule has 0 heterocycles. The molecule has 0 radical (unpaired) electrons. The van der Waals surface area contributed by atoms with Crippen LogP contribution >= 0.6 is 0 Å². The summed E-state index contributed by atoms with van der Waals surface area (Å²) in [5.41, 5.74) is 0. The zero-order valence-corrected chi connectivity index (χ0v) is 8.18. The third-order valence-corrected chi connectivity index (χ3v) is 2.30. The minimum absolute atomic E-state index is 0.131. The molecule has 13 heavy (non-hydrogen) atoms. The summed E-state index contributed by atoms with van der Waals surface area (Å²) in [6.07, 6.45) is 8.24. The van der Waals surface area contributed by atoms with E-state index < -0.39 is 0 Å². The van der Waals surface area contributed by atoms with Gasteiger partial charge in [0.25, 0.3) is 0 Å². The molecule has 3 heteroatoms. The van der Waals surface area contributed by atoms with Gasteiger partial charge in [0, 0.05) is 19.5 Å². The summed E-state index contributed by atoms with van der Waals surface area (Å²) in [4.78, 5) is 10.9. The second kappa shape index (κ2) is 5.75. The van der Waals surface area contributed by atoms with Gasteiger partial charge in [0.15, 0.2) is 0 Å². The fourth-order valence-corrected chi connectivity index (χ4v) is 1.46. The largest absolute Gasteiger partial charge is 0.359 e. The molecule has 0 aromatic carbocycles. The minimum atomic E-state index is 0.131. The normalized spacial score (nSPS) is 16.4. The molecule has 0 unspecified atom stereocenters. The van der Waals surface area contributed by atoms with E-state index in [-0.39, 0.29) is 5.91 Å². The van der Waals surface area contributed by atoms with Gasteiger partial charge in [-0.3, -0.25) is 4.79 Å². The quantitative estimate of drug-likeness (QED) is 0.488. The van der Waals surface area contributed by atoms with Gasteiger partial charge in [0.1, 0.15) is 0 Å². The molecule has 0 saturated heterocycles. The number of carbonyl (C=O) groups excluding carboxylic acids is 1. The highest BCUT2D eigenvalue weighted by atomic mass is 16.1. The van der Waals surface area contributed by atoms with Crippen LogP contribution < -0.4 is 10.6 Å². The Bertz CT molecular complexity index is 181. The van der Waals surface area contributed by atoms with Gasteiger partial charge in [-0.1, -0.05) is 12.2 Å². The van der Waals surface area contributed by atoms with E-state index in [0.29, 0.717) is 12.5 Å². The van der Waals surface area contributed by atoms with Crippen LogP contribution in [0.3, 0.4) is 0 Å². The molecular weight excluding hydrogens is 164 g/mol. The molecule has 0 fully saturated rings. The first-order valence-corrected chi connectivity index (χ1v) is 4.92. The molecular formula is C10H18N2O. The van der Waals surface area contributed by atoms with E-state index in [0.717, 1.165) is 25.8 Å². The molecule has 3 nitrogen and oxygen atoms in total. The molecule has 1 aliphatic rings. The van der Waals surface area contributed by atoms with Crippen LogP contribution in [0.15, 0.2) is 12.2 Å². The molecule has 1 aliphatic carbocycles. The highest BCUT2D eigenvalue weighted by Gasteiger charge is 2.08. The van der Waals surface area contributed by atoms with Crippen LogP contribution in [0, 0.1) is 0 Å². The second-order valence-corrected chi connectivity index (χ2v) is 3.37. The molecule has 0 aromatic rings. The van der Waals surface area contributed by atoms with Crippen molar-refractivity contribution >= 4 is 5.91 Å². The maximum atomic E-state index is 10.9. The van der Waals surface area contributed by atoms with Crippen molar-refractivity contribution in [3.05, 3.63) is 12.2 Å². The summed E-state index contributed by atoms with van der Waals surface area (Å²) >= 11 is 0. The Hall–Kier alpha value is -0.830. The lowest BCUT2D eigenvalue weighted by atomic mass is 10.2. The van der Waals surface area contributed by atoms with Crippen molar-refractivity contribution in [3.63, 3.8) is 0 Å². The van der Waals surface area contributed by atoms with Crippen molar-refractivity contribution in [2.75, 3.05) is 13.6 Å². The zero-order chi connectivity index (χ0) is 9.52. The van der Waals surface area contributed by atoms with E-state index >= 15 is 0 Å². The molecule has 0 saturated carbocycles. The van der Waals surface area contributed by atoms with Crippen molar-refractivity contribution in [1.82, 2.24) is 10.6 Å². The molecule has 1 rings (SSSR count). The van der Waals surface area contributed by atoms with Gasteiger partial charge in [-0.15, -0.1) is 0 Å². The molecule has 0 aromatic heterocycles. The first-order chi connectivity index (χ1) is 6.33. The van der Waals surface area contributed by atoms with Gasteiger partial charge in [-0.25, -0.2) is 0 Å². The number of carbonyl (C=O) groups is 1. The number of nitrogens with one attached hydrogen (secondary N) is 2. The summed E-state index contributed by atoms with van der Waals surface area (Å²) in [5.74, 6) is 0.131. The molecule has 0 bridgehead atoms. The van der Waals surface area contributed by atoms with Crippen LogP contribution in [0.4, 0.5) is 0 Å². The van der Waals surface area contributed by atoms with E-state index in [1.807, 2.05) is 0 Å². The fraction of sp³-hybridized carbons (Fsp3) is 0.700. The Morgan fingerprint density at radius 3 is 2.77 bits per heavy atom. The van der Waals surface area contributed by atoms with E-state index in [1.165, 1.54) is 0 Å². The summed E-state index contributed by atoms with van der Waals surface area (Å²) in [6, 6.07) is 0.615. The van der Waals surface area contributed by atoms with Crippen LogP contribution in [0.25, 0.3) is 0 Å². The van der Waals surface area contributed by atoms with Crippen molar-refractivity contribution in [1.29, 1.82) is 0 Å². The van der Waals surface area contributed by atoms with Gasteiger partial charge in [0.2, 0.25) is 5.91 Å². The molecule has 0 aliphatic heterocycles. The van der Waals surface area contributed by atoms with Gasteiger partial charge in [-0.2, -0.15) is 0 Å². The lowest BCUT2D eigenvalue weighted by molar-refractivity contribution is -0.120. The second-order valence-electron chi connectivity index (χ2n) is 3.37. The highest BCUT2D eigenvalue weighted by Crippen LogP contribution is 2.08. The van der Waals surface area contributed by atoms with Crippen LogP contribution in [0.2, 0.25) is 0 Å². The summed E-state index contributed by atoms with van der Waals surface area (Å²) < 4.78 is 0. The van der Waals surface area contributed by atoms with Gasteiger partial charge in [0.05, 0.1) is 0 Å². The maximum absolute atomic E-state index is 10.9. The molecule has 2 N–H and O–H groups in total. The summed E-state index contributed by atoms with van der Waals surface area (Å²) in [6.45, 7) is 0.944. The third kappa shape index (κ3) is 4.08. The fourth-order valence-electron chi connectivity index (χ4n) is 1.46. The van der Waals surface area contributed by atoms with E-state index in [1.54, 1.807) is 7.05 Å². The van der Waals surface area contributed by atoms with Crippen molar-refractivity contribution < 1.29 is 4.79 Å². The lowest BCUT2D eigenvalue weighted by Gasteiger charge is -2.10. The SMILES string of the molecule is CNC(=O)CCCNC1CC=CC1. The number of amides is 1.